The van der Waals surface area contributed by atoms with Gasteiger partial charge in [0.05, 0.1) is 11.7 Å². The monoisotopic (exact) mass is 293 g/mol. The predicted molar refractivity (Wildman–Crippen MR) is 78.2 cm³/mol. The largest absolute Gasteiger partial charge is 0.474 e. The zero-order valence-electron chi connectivity index (χ0n) is 13.1. The Kier molecular flexibility index (Phi) is 4.65. The van der Waals surface area contributed by atoms with E-state index < -0.39 is 5.60 Å². The highest BCUT2D eigenvalue weighted by Gasteiger charge is 2.32. The summed E-state index contributed by atoms with van der Waals surface area (Å²) in [7, 11) is 0. The molecule has 1 unspecified atom stereocenters. The lowest BCUT2D eigenvalue weighted by atomic mass is 10.2. The first-order chi connectivity index (χ1) is 9.85. The number of carbonyl (C=O) groups excluding carboxylic acids is 1. The molecule has 0 aromatic carbocycles. The van der Waals surface area contributed by atoms with Gasteiger partial charge in [-0.25, -0.2) is 4.79 Å². The molecule has 1 fully saturated rings. The highest BCUT2D eigenvalue weighted by Crippen LogP contribution is 2.21. The van der Waals surface area contributed by atoms with E-state index in [1.165, 1.54) is 0 Å². The maximum Gasteiger partial charge on any atom is 0.410 e. The summed E-state index contributed by atoms with van der Waals surface area (Å²) in [6, 6.07) is 3.67. The molecule has 0 saturated carbocycles. The number of hydrogen-bond acceptors (Lipinski definition) is 5. The Labute approximate surface area is 125 Å². The van der Waals surface area contributed by atoms with Gasteiger partial charge in [-0.1, -0.05) is 0 Å². The van der Waals surface area contributed by atoms with Gasteiger partial charge in [0.15, 0.2) is 0 Å². The molecule has 2 rings (SSSR count). The number of aryl methyl sites for hydroxylation is 1. The number of aromatic nitrogens is 2. The summed E-state index contributed by atoms with van der Waals surface area (Å²) in [6.07, 6.45) is 1.61. The molecule has 21 heavy (non-hydrogen) atoms. The molecule has 1 aliphatic heterocycles. The average Bonchev–Trinajstić information content (AvgIpc) is 2.84. The lowest BCUT2D eigenvalue weighted by Gasteiger charge is -2.28. The SMILES string of the molecule is Cc1ccc(OCC2CCCN2C(=O)OC(C)(C)C)nn1. The van der Waals surface area contributed by atoms with Crippen LogP contribution in [0.4, 0.5) is 4.79 Å². The van der Waals surface area contributed by atoms with Crippen molar-refractivity contribution >= 4 is 6.09 Å². The Hall–Kier alpha value is -1.85. The van der Waals surface area contributed by atoms with Crippen LogP contribution >= 0.6 is 0 Å². The van der Waals surface area contributed by atoms with E-state index in [-0.39, 0.29) is 12.1 Å². The van der Waals surface area contributed by atoms with Gasteiger partial charge in [-0.05, 0) is 46.6 Å². The van der Waals surface area contributed by atoms with Crippen LogP contribution in [0.15, 0.2) is 12.1 Å². The van der Waals surface area contributed by atoms with Crippen LogP contribution in [0.25, 0.3) is 0 Å². The number of nitrogens with zero attached hydrogens (tertiary/aromatic N) is 3. The zero-order chi connectivity index (χ0) is 15.5. The molecular weight excluding hydrogens is 270 g/mol. The van der Waals surface area contributed by atoms with Crippen molar-refractivity contribution in [2.75, 3.05) is 13.2 Å². The van der Waals surface area contributed by atoms with Crippen LogP contribution in [-0.4, -0.2) is 46.0 Å². The summed E-state index contributed by atoms with van der Waals surface area (Å²) in [5, 5.41) is 7.91. The molecule has 1 saturated heterocycles. The molecule has 6 nitrogen and oxygen atoms in total. The van der Waals surface area contributed by atoms with Crippen LogP contribution in [-0.2, 0) is 4.74 Å². The Bertz CT molecular complexity index is 482. The van der Waals surface area contributed by atoms with E-state index in [0.29, 0.717) is 19.0 Å². The predicted octanol–water partition coefficient (Wildman–Crippen LogP) is 2.56. The van der Waals surface area contributed by atoms with Crippen molar-refractivity contribution in [3.8, 4) is 5.88 Å². The quantitative estimate of drug-likeness (QED) is 0.857. The van der Waals surface area contributed by atoms with Gasteiger partial charge in [0.25, 0.3) is 0 Å². The molecule has 1 atom stereocenters. The van der Waals surface area contributed by atoms with Gasteiger partial charge in [-0.2, -0.15) is 5.10 Å². The van der Waals surface area contributed by atoms with Crippen molar-refractivity contribution in [3.05, 3.63) is 17.8 Å². The Balaban J connectivity index is 1.90. The summed E-state index contributed by atoms with van der Waals surface area (Å²) in [5.41, 5.74) is 0.367. The van der Waals surface area contributed by atoms with Gasteiger partial charge in [0.2, 0.25) is 5.88 Å². The third-order valence-electron chi connectivity index (χ3n) is 3.20. The number of hydrogen-bond donors (Lipinski definition) is 0. The minimum Gasteiger partial charge on any atom is -0.474 e. The summed E-state index contributed by atoms with van der Waals surface area (Å²) >= 11 is 0. The smallest absolute Gasteiger partial charge is 0.410 e. The van der Waals surface area contributed by atoms with Gasteiger partial charge in [-0.3, -0.25) is 0 Å². The maximum atomic E-state index is 12.1. The molecule has 0 radical (unpaired) electrons. The van der Waals surface area contributed by atoms with E-state index in [0.717, 1.165) is 18.5 Å². The Morgan fingerprint density at radius 2 is 2.14 bits per heavy atom. The summed E-state index contributed by atoms with van der Waals surface area (Å²) in [4.78, 5) is 13.9. The van der Waals surface area contributed by atoms with E-state index in [2.05, 4.69) is 10.2 Å². The van der Waals surface area contributed by atoms with Crippen molar-refractivity contribution in [2.45, 2.75) is 52.2 Å². The first-order valence-corrected chi connectivity index (χ1v) is 7.28. The zero-order valence-corrected chi connectivity index (χ0v) is 13.1. The summed E-state index contributed by atoms with van der Waals surface area (Å²) in [6.45, 7) is 8.61. The Morgan fingerprint density at radius 3 is 2.76 bits per heavy atom. The van der Waals surface area contributed by atoms with Crippen LogP contribution in [0.1, 0.15) is 39.3 Å². The molecule has 6 heteroatoms. The molecule has 1 aromatic rings. The normalized spacial score (nSPS) is 18.7. The summed E-state index contributed by atoms with van der Waals surface area (Å²) < 4.78 is 11.1. The van der Waals surface area contributed by atoms with E-state index in [9.17, 15) is 4.79 Å². The van der Waals surface area contributed by atoms with Crippen LogP contribution < -0.4 is 4.74 Å². The van der Waals surface area contributed by atoms with E-state index >= 15 is 0 Å². The van der Waals surface area contributed by atoms with Gasteiger partial charge >= 0.3 is 6.09 Å². The van der Waals surface area contributed by atoms with Gasteiger partial charge in [-0.15, -0.1) is 5.10 Å². The van der Waals surface area contributed by atoms with Crippen LogP contribution in [0.3, 0.4) is 0 Å². The molecule has 0 aliphatic carbocycles. The average molecular weight is 293 g/mol. The fraction of sp³-hybridized carbons (Fsp3) is 0.667. The summed E-state index contributed by atoms with van der Waals surface area (Å²) in [5.74, 6) is 0.483. The molecule has 0 N–H and O–H groups in total. The molecule has 0 bridgehead atoms. The van der Waals surface area contributed by atoms with Crippen molar-refractivity contribution in [3.63, 3.8) is 0 Å². The van der Waals surface area contributed by atoms with Gasteiger partial charge in [0.1, 0.15) is 12.2 Å². The fourth-order valence-electron chi connectivity index (χ4n) is 2.22. The third kappa shape index (κ3) is 4.58. The molecule has 2 heterocycles. The number of carbonyl (C=O) groups is 1. The minimum atomic E-state index is -0.479. The van der Waals surface area contributed by atoms with Crippen molar-refractivity contribution in [1.82, 2.24) is 15.1 Å². The first kappa shape index (κ1) is 15.5. The molecule has 1 aromatic heterocycles. The number of ether oxygens (including phenoxy) is 2. The van der Waals surface area contributed by atoms with Gasteiger partial charge in [0, 0.05) is 12.6 Å². The van der Waals surface area contributed by atoms with Crippen molar-refractivity contribution < 1.29 is 14.3 Å². The molecule has 1 aliphatic rings. The van der Waals surface area contributed by atoms with Crippen LogP contribution in [0.5, 0.6) is 5.88 Å². The second-order valence-corrected chi connectivity index (χ2v) is 6.29. The molecule has 1 amide bonds. The standard InChI is InChI=1S/C15H23N3O3/c1-11-7-8-13(17-16-11)20-10-12-6-5-9-18(12)14(19)21-15(2,3)4/h7-8,12H,5-6,9-10H2,1-4H3. The number of rotatable bonds is 3. The van der Waals surface area contributed by atoms with Crippen molar-refractivity contribution in [2.24, 2.45) is 0 Å². The third-order valence-corrected chi connectivity index (χ3v) is 3.20. The van der Waals surface area contributed by atoms with E-state index in [1.54, 1.807) is 11.0 Å². The second kappa shape index (κ2) is 6.28. The van der Waals surface area contributed by atoms with E-state index in [1.807, 2.05) is 33.8 Å². The minimum absolute atomic E-state index is 0.0305. The molecule has 0 spiro atoms. The van der Waals surface area contributed by atoms with Crippen molar-refractivity contribution in [1.29, 1.82) is 0 Å². The second-order valence-electron chi connectivity index (χ2n) is 6.29. The molecular formula is C15H23N3O3. The van der Waals surface area contributed by atoms with Crippen LogP contribution in [0, 0.1) is 6.92 Å². The highest BCUT2D eigenvalue weighted by atomic mass is 16.6. The van der Waals surface area contributed by atoms with E-state index in [4.69, 9.17) is 9.47 Å². The molecule has 116 valence electrons. The number of amides is 1. The first-order valence-electron chi connectivity index (χ1n) is 7.28. The highest BCUT2D eigenvalue weighted by molar-refractivity contribution is 5.69. The Morgan fingerprint density at radius 1 is 1.38 bits per heavy atom. The maximum absolute atomic E-state index is 12.1. The lowest BCUT2D eigenvalue weighted by molar-refractivity contribution is 0.0185. The number of likely N-dealkylation sites (tertiary alicyclic amines) is 1. The topological polar surface area (TPSA) is 64.5 Å². The van der Waals surface area contributed by atoms with Crippen LogP contribution in [0.2, 0.25) is 0 Å². The lowest BCUT2D eigenvalue weighted by Crippen LogP contribution is -2.42. The fourth-order valence-corrected chi connectivity index (χ4v) is 2.22. The van der Waals surface area contributed by atoms with Gasteiger partial charge < -0.3 is 14.4 Å².